The zero-order valence-corrected chi connectivity index (χ0v) is 13.6. The van der Waals surface area contributed by atoms with Crippen molar-refractivity contribution >= 4 is 5.96 Å². The van der Waals surface area contributed by atoms with E-state index in [1.165, 1.54) is 6.26 Å². The largest absolute Gasteiger partial charge is 0.467 e. The van der Waals surface area contributed by atoms with Crippen molar-refractivity contribution in [3.63, 3.8) is 0 Å². The lowest BCUT2D eigenvalue weighted by Crippen LogP contribution is -2.47. The van der Waals surface area contributed by atoms with Crippen molar-refractivity contribution < 1.29 is 22.7 Å². The zero-order valence-electron chi connectivity index (χ0n) is 13.6. The molecule has 136 valence electrons. The van der Waals surface area contributed by atoms with Crippen molar-refractivity contribution in [2.45, 2.75) is 50.9 Å². The minimum absolute atomic E-state index is 0.0502. The van der Waals surface area contributed by atoms with Crippen LogP contribution >= 0.6 is 0 Å². The van der Waals surface area contributed by atoms with Gasteiger partial charge in [0.2, 0.25) is 0 Å². The SMILES string of the molecule is CCNC(=NCC(O)c1ccco1)NC1CCCC(C(F)(F)F)C1. The van der Waals surface area contributed by atoms with Crippen molar-refractivity contribution in [3.05, 3.63) is 24.2 Å². The average Bonchev–Trinajstić information content (AvgIpc) is 3.06. The summed E-state index contributed by atoms with van der Waals surface area (Å²) < 4.78 is 43.8. The van der Waals surface area contributed by atoms with Crippen LogP contribution in [-0.4, -0.2) is 36.4 Å². The maximum atomic E-state index is 12.9. The van der Waals surface area contributed by atoms with Gasteiger partial charge in [-0.25, -0.2) is 0 Å². The normalized spacial score (nSPS) is 23.8. The first kappa shape index (κ1) is 18.6. The first-order chi connectivity index (χ1) is 11.4. The van der Waals surface area contributed by atoms with Crippen LogP contribution in [0.1, 0.15) is 44.5 Å². The topological polar surface area (TPSA) is 69.8 Å². The van der Waals surface area contributed by atoms with Gasteiger partial charge >= 0.3 is 6.18 Å². The molecule has 24 heavy (non-hydrogen) atoms. The second-order valence-corrected chi connectivity index (χ2v) is 6.00. The van der Waals surface area contributed by atoms with E-state index in [-0.39, 0.29) is 25.4 Å². The molecular weight excluding hydrogens is 323 g/mol. The van der Waals surface area contributed by atoms with Gasteiger partial charge in [-0.05, 0) is 38.3 Å². The zero-order chi connectivity index (χ0) is 17.6. The fraction of sp³-hybridized carbons (Fsp3) is 0.688. The highest BCUT2D eigenvalue weighted by molar-refractivity contribution is 5.80. The Bertz CT molecular complexity index is 517. The molecule has 0 amide bonds. The molecule has 3 unspecified atom stereocenters. The van der Waals surface area contributed by atoms with Crippen molar-refractivity contribution in [3.8, 4) is 0 Å². The molecule has 2 rings (SSSR count). The highest BCUT2D eigenvalue weighted by atomic mass is 19.4. The van der Waals surface area contributed by atoms with E-state index in [9.17, 15) is 18.3 Å². The third-order valence-corrected chi connectivity index (χ3v) is 4.12. The summed E-state index contributed by atoms with van der Waals surface area (Å²) in [5, 5.41) is 16.0. The van der Waals surface area contributed by atoms with Crippen molar-refractivity contribution in [2.24, 2.45) is 10.9 Å². The maximum Gasteiger partial charge on any atom is 0.391 e. The third-order valence-electron chi connectivity index (χ3n) is 4.12. The molecule has 1 aliphatic rings. The lowest BCUT2D eigenvalue weighted by atomic mass is 9.85. The van der Waals surface area contributed by atoms with Gasteiger partial charge in [-0.2, -0.15) is 13.2 Å². The quantitative estimate of drug-likeness (QED) is 0.566. The van der Waals surface area contributed by atoms with E-state index in [0.29, 0.717) is 31.1 Å². The summed E-state index contributed by atoms with van der Waals surface area (Å²) in [6.07, 6.45) is -2.12. The molecule has 0 saturated heterocycles. The van der Waals surface area contributed by atoms with Gasteiger partial charge in [0.25, 0.3) is 0 Å². The number of rotatable bonds is 5. The van der Waals surface area contributed by atoms with E-state index in [1.54, 1.807) is 12.1 Å². The number of guanidine groups is 1. The molecule has 1 fully saturated rings. The number of hydrogen-bond acceptors (Lipinski definition) is 3. The highest BCUT2D eigenvalue weighted by Crippen LogP contribution is 2.37. The Morgan fingerprint density at radius 3 is 2.88 bits per heavy atom. The fourth-order valence-corrected chi connectivity index (χ4v) is 2.88. The van der Waals surface area contributed by atoms with E-state index in [1.807, 2.05) is 6.92 Å². The highest BCUT2D eigenvalue weighted by Gasteiger charge is 2.42. The summed E-state index contributed by atoms with van der Waals surface area (Å²) in [7, 11) is 0. The predicted octanol–water partition coefficient (Wildman–Crippen LogP) is 2.99. The number of aliphatic hydroxyl groups excluding tert-OH is 1. The molecule has 3 N–H and O–H groups in total. The summed E-state index contributed by atoms with van der Waals surface area (Å²) in [5.74, 6) is -0.444. The Labute approximate surface area is 139 Å². The van der Waals surface area contributed by atoms with Gasteiger partial charge in [-0.1, -0.05) is 6.42 Å². The first-order valence-corrected chi connectivity index (χ1v) is 8.23. The van der Waals surface area contributed by atoms with Crippen LogP contribution in [0.5, 0.6) is 0 Å². The van der Waals surface area contributed by atoms with Gasteiger partial charge in [0.1, 0.15) is 11.9 Å². The Balaban J connectivity index is 1.93. The lowest BCUT2D eigenvalue weighted by Gasteiger charge is -2.32. The van der Waals surface area contributed by atoms with E-state index >= 15 is 0 Å². The molecule has 1 aliphatic carbocycles. The minimum atomic E-state index is -4.15. The van der Waals surface area contributed by atoms with E-state index < -0.39 is 18.2 Å². The number of furan rings is 1. The van der Waals surface area contributed by atoms with E-state index in [4.69, 9.17) is 4.42 Å². The molecule has 0 radical (unpaired) electrons. The second-order valence-electron chi connectivity index (χ2n) is 6.00. The molecule has 8 heteroatoms. The number of aliphatic imine (C=N–C) groups is 1. The van der Waals surface area contributed by atoms with Crippen molar-refractivity contribution in [2.75, 3.05) is 13.1 Å². The number of hydrogen-bond donors (Lipinski definition) is 3. The molecule has 0 spiro atoms. The Kier molecular flexibility index (Phi) is 6.53. The predicted molar refractivity (Wildman–Crippen MR) is 84.6 cm³/mol. The van der Waals surface area contributed by atoms with Crippen LogP contribution in [0.4, 0.5) is 13.2 Å². The van der Waals surface area contributed by atoms with Crippen LogP contribution in [0.2, 0.25) is 0 Å². The Hall–Kier alpha value is -1.70. The molecule has 0 aliphatic heterocycles. The molecule has 0 bridgehead atoms. The van der Waals surface area contributed by atoms with Crippen LogP contribution in [0, 0.1) is 5.92 Å². The number of nitrogens with one attached hydrogen (secondary N) is 2. The van der Waals surface area contributed by atoms with Gasteiger partial charge in [0.05, 0.1) is 18.7 Å². The summed E-state index contributed by atoms with van der Waals surface area (Å²) in [6.45, 7) is 2.52. The lowest BCUT2D eigenvalue weighted by molar-refractivity contribution is -0.183. The van der Waals surface area contributed by atoms with Gasteiger partial charge in [0, 0.05) is 12.6 Å². The monoisotopic (exact) mass is 347 g/mol. The number of nitrogens with zero attached hydrogens (tertiary/aromatic N) is 1. The smallest absolute Gasteiger partial charge is 0.391 e. The van der Waals surface area contributed by atoms with Gasteiger partial charge in [-0.3, -0.25) is 4.99 Å². The van der Waals surface area contributed by atoms with E-state index in [2.05, 4.69) is 15.6 Å². The molecular formula is C16H24F3N3O2. The first-order valence-electron chi connectivity index (χ1n) is 8.23. The Morgan fingerprint density at radius 1 is 1.46 bits per heavy atom. The molecule has 5 nitrogen and oxygen atoms in total. The van der Waals surface area contributed by atoms with Gasteiger partial charge in [-0.15, -0.1) is 0 Å². The molecule has 1 aromatic heterocycles. The van der Waals surface area contributed by atoms with Crippen LogP contribution < -0.4 is 10.6 Å². The average molecular weight is 347 g/mol. The number of alkyl halides is 3. The summed E-state index contributed by atoms with van der Waals surface area (Å²) in [6, 6.07) is 3.05. The number of aliphatic hydroxyl groups is 1. The van der Waals surface area contributed by atoms with Crippen LogP contribution in [0.25, 0.3) is 0 Å². The van der Waals surface area contributed by atoms with Crippen LogP contribution in [-0.2, 0) is 0 Å². The maximum absolute atomic E-state index is 12.9. The second kappa shape index (κ2) is 8.41. The van der Waals surface area contributed by atoms with Crippen molar-refractivity contribution in [1.29, 1.82) is 0 Å². The Morgan fingerprint density at radius 2 is 2.25 bits per heavy atom. The molecule has 1 heterocycles. The molecule has 0 aromatic carbocycles. The number of halogens is 3. The van der Waals surface area contributed by atoms with Gasteiger partial charge in [0.15, 0.2) is 5.96 Å². The molecule has 1 saturated carbocycles. The molecule has 3 atom stereocenters. The fourth-order valence-electron chi connectivity index (χ4n) is 2.88. The van der Waals surface area contributed by atoms with Crippen molar-refractivity contribution in [1.82, 2.24) is 10.6 Å². The standard InChI is InChI=1S/C16H24F3N3O2/c1-2-20-15(21-10-13(23)14-7-4-8-24-14)22-12-6-3-5-11(9-12)16(17,18)19/h4,7-8,11-13,23H,2-3,5-6,9-10H2,1H3,(H2,20,21,22). The van der Waals surface area contributed by atoms with E-state index in [0.717, 1.165) is 0 Å². The van der Waals surface area contributed by atoms with Gasteiger partial charge < -0.3 is 20.2 Å². The third kappa shape index (κ3) is 5.43. The summed E-state index contributed by atoms with van der Waals surface area (Å²) >= 11 is 0. The summed E-state index contributed by atoms with van der Waals surface area (Å²) in [5.41, 5.74) is 0. The van der Waals surface area contributed by atoms with Crippen LogP contribution in [0.3, 0.4) is 0 Å². The summed E-state index contributed by atoms with van der Waals surface area (Å²) in [4.78, 5) is 4.25. The van der Waals surface area contributed by atoms with Crippen LogP contribution in [0.15, 0.2) is 27.8 Å². The minimum Gasteiger partial charge on any atom is -0.467 e. The molecule has 1 aromatic rings.